The van der Waals surface area contributed by atoms with Crippen molar-refractivity contribution >= 4 is 52.4 Å². The zero-order chi connectivity index (χ0) is 35.6. The van der Waals surface area contributed by atoms with Gasteiger partial charge in [0.05, 0.1) is 23.2 Å². The van der Waals surface area contributed by atoms with E-state index in [1.807, 2.05) is 74.1 Å². The maximum Gasteiger partial charge on any atom is 0.303 e. The number of carboxylic acids is 1. The molecular weight excluding hydrogens is 660 g/mol. The number of fused-ring (bicyclic) bond motifs is 1. The molecule has 6 rings (SSSR count). The Kier molecular flexibility index (Phi) is 13.6. The van der Waals surface area contributed by atoms with Crippen molar-refractivity contribution in [1.29, 1.82) is 0 Å². The average Bonchev–Trinajstić information content (AvgIpc) is 3.84. The number of rotatable bonds is 12. The molecule has 0 spiro atoms. The molecule has 0 bridgehead atoms. The van der Waals surface area contributed by atoms with Crippen LogP contribution in [0.4, 0.5) is 0 Å². The van der Waals surface area contributed by atoms with Gasteiger partial charge in [-0.1, -0.05) is 110 Å². The first-order valence-electron chi connectivity index (χ1n) is 18.2. The molecular formula is C43H53ClN2O3S. The Morgan fingerprint density at radius 2 is 1.70 bits per heavy atom. The predicted molar refractivity (Wildman–Crippen MR) is 212 cm³/mol. The van der Waals surface area contributed by atoms with Gasteiger partial charge in [0.25, 0.3) is 0 Å². The Morgan fingerprint density at radius 1 is 0.980 bits per heavy atom. The number of nitrogens with zero attached hydrogens (tertiary/aromatic N) is 1. The van der Waals surface area contributed by atoms with Crippen LogP contribution in [0.15, 0.2) is 78.9 Å². The van der Waals surface area contributed by atoms with Gasteiger partial charge in [-0.05, 0) is 104 Å². The first-order chi connectivity index (χ1) is 24.0. The van der Waals surface area contributed by atoms with E-state index >= 15 is 0 Å². The van der Waals surface area contributed by atoms with Crippen molar-refractivity contribution in [2.75, 3.05) is 5.75 Å². The SMILES string of the molecule is CC(C)(O)c1ccccc1CC[C@@H](SCC1(CC(=O)O)CC1)c1cccc(C=Cc2ccc3ccc(Cl)cc3n2)c1.NC1CCCCCCC1. The molecule has 4 aromatic rings. The fraction of sp³-hybridized carbons (Fsp3) is 0.442. The zero-order valence-corrected chi connectivity index (χ0v) is 31.2. The van der Waals surface area contributed by atoms with E-state index in [0.29, 0.717) is 11.1 Å². The number of pyridine rings is 1. The van der Waals surface area contributed by atoms with E-state index in [2.05, 4.69) is 42.5 Å². The molecule has 266 valence electrons. The number of aromatic nitrogens is 1. The lowest BCUT2D eigenvalue weighted by Gasteiger charge is -2.24. The minimum atomic E-state index is -0.911. The van der Waals surface area contributed by atoms with Crippen LogP contribution in [0.3, 0.4) is 0 Å². The van der Waals surface area contributed by atoms with E-state index in [0.717, 1.165) is 64.7 Å². The van der Waals surface area contributed by atoms with Crippen molar-refractivity contribution in [3.05, 3.63) is 112 Å². The minimum absolute atomic E-state index is 0.0814. The fourth-order valence-corrected chi connectivity index (χ4v) is 8.58. The summed E-state index contributed by atoms with van der Waals surface area (Å²) in [5.41, 5.74) is 11.0. The number of carboxylic acid groups (broad SMARTS) is 1. The standard InChI is InChI=1S/C35H36ClNO3S.C8H17N/c1-34(2,40)30-9-4-3-7-25(30)13-17-32(41-23-35(18-19-35)22-33(38)39)27-8-5-6-24(20-27)10-15-29-16-12-26-11-14-28(36)21-31(26)37-29;9-8-6-4-2-1-3-5-7-8/h3-12,14-16,20-21,32,40H,13,17-19,22-23H2,1-2H3,(H,38,39);8H,1-7,9H2/t32-;/m1./s1. The Labute approximate surface area is 307 Å². The van der Waals surface area contributed by atoms with Gasteiger partial charge >= 0.3 is 5.97 Å². The van der Waals surface area contributed by atoms with Gasteiger partial charge in [-0.25, -0.2) is 4.98 Å². The molecule has 1 heterocycles. The summed E-state index contributed by atoms with van der Waals surface area (Å²) in [5.74, 6) is 0.122. The number of carbonyl (C=O) groups is 1. The van der Waals surface area contributed by atoms with Crippen LogP contribution < -0.4 is 5.73 Å². The highest BCUT2D eigenvalue weighted by atomic mass is 35.5. The Balaban J connectivity index is 0.000000470. The average molecular weight is 713 g/mol. The number of hydrogen-bond donors (Lipinski definition) is 3. The topological polar surface area (TPSA) is 96.4 Å². The summed E-state index contributed by atoms with van der Waals surface area (Å²) in [5, 5.41) is 22.1. The summed E-state index contributed by atoms with van der Waals surface area (Å²) in [6, 6.07) is 27.0. The van der Waals surface area contributed by atoms with Crippen LogP contribution in [0, 0.1) is 5.41 Å². The number of aryl methyl sites for hydroxylation is 1. The summed E-state index contributed by atoms with van der Waals surface area (Å²) >= 11 is 8.04. The van der Waals surface area contributed by atoms with Crippen LogP contribution in [0.5, 0.6) is 0 Å². The summed E-state index contributed by atoms with van der Waals surface area (Å²) < 4.78 is 0. The molecule has 1 aromatic heterocycles. The number of nitrogens with two attached hydrogens (primary N) is 1. The van der Waals surface area contributed by atoms with Gasteiger partial charge in [-0.15, -0.1) is 0 Å². The van der Waals surface area contributed by atoms with Gasteiger partial charge < -0.3 is 15.9 Å². The molecule has 1 atom stereocenters. The Hall–Kier alpha value is -3.16. The smallest absolute Gasteiger partial charge is 0.303 e. The predicted octanol–water partition coefficient (Wildman–Crippen LogP) is 11.0. The number of benzene rings is 3. The number of aliphatic hydroxyl groups is 1. The lowest BCUT2D eigenvalue weighted by Crippen LogP contribution is -2.20. The molecule has 0 saturated heterocycles. The van der Waals surface area contributed by atoms with Crippen LogP contribution in [0.25, 0.3) is 23.1 Å². The summed E-state index contributed by atoms with van der Waals surface area (Å²) in [4.78, 5) is 16.2. The molecule has 0 aliphatic heterocycles. The van der Waals surface area contributed by atoms with Gasteiger partial charge in [0.15, 0.2) is 0 Å². The molecule has 2 aliphatic rings. The van der Waals surface area contributed by atoms with Crippen LogP contribution in [0.2, 0.25) is 5.02 Å². The van der Waals surface area contributed by atoms with Crippen LogP contribution in [0.1, 0.15) is 118 Å². The summed E-state index contributed by atoms with van der Waals surface area (Å²) in [6.45, 7) is 3.66. The molecule has 0 unspecified atom stereocenters. The monoisotopic (exact) mass is 712 g/mol. The molecule has 3 aromatic carbocycles. The molecule has 5 nitrogen and oxygen atoms in total. The molecule has 2 fully saturated rings. The molecule has 0 amide bonds. The highest BCUT2D eigenvalue weighted by Crippen LogP contribution is 2.53. The third-order valence-corrected chi connectivity index (χ3v) is 11.9. The van der Waals surface area contributed by atoms with E-state index in [9.17, 15) is 15.0 Å². The maximum absolute atomic E-state index is 11.5. The van der Waals surface area contributed by atoms with Crippen molar-refractivity contribution in [2.45, 2.75) is 108 Å². The second kappa shape index (κ2) is 17.9. The molecule has 2 saturated carbocycles. The summed E-state index contributed by atoms with van der Waals surface area (Å²) in [6.07, 6.45) is 17.5. The molecule has 0 radical (unpaired) electrons. The van der Waals surface area contributed by atoms with Gasteiger partial charge in [-0.2, -0.15) is 11.8 Å². The van der Waals surface area contributed by atoms with Crippen molar-refractivity contribution < 1.29 is 15.0 Å². The van der Waals surface area contributed by atoms with E-state index in [1.165, 1.54) is 50.5 Å². The number of hydrogen-bond acceptors (Lipinski definition) is 5. The van der Waals surface area contributed by atoms with Crippen molar-refractivity contribution in [2.24, 2.45) is 11.1 Å². The fourth-order valence-electron chi connectivity index (χ4n) is 6.85. The first-order valence-corrected chi connectivity index (χ1v) is 19.7. The van der Waals surface area contributed by atoms with Gasteiger partial charge in [-0.3, -0.25) is 4.79 Å². The Morgan fingerprint density at radius 3 is 2.42 bits per heavy atom. The van der Waals surface area contributed by atoms with Gasteiger partial charge in [0, 0.05) is 27.5 Å². The van der Waals surface area contributed by atoms with Crippen LogP contribution in [-0.4, -0.2) is 33.0 Å². The van der Waals surface area contributed by atoms with Crippen LogP contribution >= 0.6 is 23.4 Å². The third-order valence-electron chi connectivity index (χ3n) is 9.98. The number of thioether (sulfide) groups is 1. The summed E-state index contributed by atoms with van der Waals surface area (Å²) in [7, 11) is 0. The largest absolute Gasteiger partial charge is 0.481 e. The number of aliphatic carboxylic acids is 1. The van der Waals surface area contributed by atoms with E-state index in [1.54, 1.807) is 0 Å². The maximum atomic E-state index is 11.5. The van der Waals surface area contributed by atoms with Crippen molar-refractivity contribution in [3.63, 3.8) is 0 Å². The van der Waals surface area contributed by atoms with Crippen molar-refractivity contribution in [3.8, 4) is 0 Å². The normalized spacial score (nSPS) is 17.1. The quantitative estimate of drug-likeness (QED) is 0.135. The van der Waals surface area contributed by atoms with E-state index in [4.69, 9.17) is 22.3 Å². The minimum Gasteiger partial charge on any atom is -0.481 e. The Bertz CT molecular complexity index is 1740. The molecule has 50 heavy (non-hydrogen) atoms. The lowest BCUT2D eigenvalue weighted by molar-refractivity contribution is -0.138. The lowest BCUT2D eigenvalue weighted by atomic mass is 9.90. The zero-order valence-electron chi connectivity index (χ0n) is 29.6. The van der Waals surface area contributed by atoms with E-state index < -0.39 is 11.6 Å². The second-order valence-electron chi connectivity index (χ2n) is 14.8. The molecule has 2 aliphatic carbocycles. The third kappa shape index (κ3) is 11.7. The highest BCUT2D eigenvalue weighted by molar-refractivity contribution is 7.99. The second-order valence-corrected chi connectivity index (χ2v) is 16.4. The highest BCUT2D eigenvalue weighted by Gasteiger charge is 2.44. The number of halogens is 1. The van der Waals surface area contributed by atoms with Gasteiger partial charge in [0.1, 0.15) is 0 Å². The van der Waals surface area contributed by atoms with Crippen LogP contribution in [-0.2, 0) is 16.8 Å². The molecule has 4 N–H and O–H groups in total. The first kappa shape index (κ1) is 38.1. The molecule has 7 heteroatoms. The van der Waals surface area contributed by atoms with Gasteiger partial charge in [0.2, 0.25) is 0 Å². The van der Waals surface area contributed by atoms with Crippen molar-refractivity contribution in [1.82, 2.24) is 4.98 Å². The van der Waals surface area contributed by atoms with E-state index in [-0.39, 0.29) is 17.1 Å².